The Bertz CT molecular complexity index is 447. The molecule has 1 saturated heterocycles. The molecule has 0 bridgehead atoms. The second-order valence-corrected chi connectivity index (χ2v) is 8.37. The molecule has 0 aliphatic carbocycles. The van der Waals surface area contributed by atoms with Gasteiger partial charge < -0.3 is 19.4 Å². The first-order valence-corrected chi connectivity index (χ1v) is 7.63. The molecule has 1 N–H and O–H groups in total. The van der Waals surface area contributed by atoms with Crippen molar-refractivity contribution in [1.29, 1.82) is 0 Å². The standard InChI is InChI=1S/C16H30BNO4/c1-11(17-21-15(7,8)16(9,10)22-17)14(5,6)18-12(19)20-13(2,3)4/h1H2,2-10H3,(H,18,19). The molecular weight excluding hydrogens is 281 g/mol. The second-order valence-electron chi connectivity index (χ2n) is 8.37. The van der Waals surface area contributed by atoms with Crippen LogP contribution in [0.2, 0.25) is 0 Å². The number of rotatable bonds is 3. The Morgan fingerprint density at radius 3 is 1.82 bits per heavy atom. The zero-order valence-electron chi connectivity index (χ0n) is 15.4. The molecule has 1 rings (SSSR count). The van der Waals surface area contributed by atoms with Crippen LogP contribution in [0.4, 0.5) is 4.79 Å². The van der Waals surface area contributed by atoms with Crippen molar-refractivity contribution in [2.45, 2.75) is 84.7 Å². The lowest BCUT2D eigenvalue weighted by Crippen LogP contribution is -2.50. The Balaban J connectivity index is 2.78. The van der Waals surface area contributed by atoms with Gasteiger partial charge in [-0.3, -0.25) is 0 Å². The third-order valence-electron chi connectivity index (χ3n) is 4.15. The summed E-state index contributed by atoms with van der Waals surface area (Å²) < 4.78 is 17.3. The number of ether oxygens (including phenoxy) is 1. The van der Waals surface area contributed by atoms with Gasteiger partial charge in [0.2, 0.25) is 0 Å². The highest BCUT2D eigenvalue weighted by Crippen LogP contribution is 2.39. The van der Waals surface area contributed by atoms with Crippen LogP contribution in [0, 0.1) is 0 Å². The summed E-state index contributed by atoms with van der Waals surface area (Å²) in [5.41, 5.74) is -1.50. The van der Waals surface area contributed by atoms with Crippen molar-refractivity contribution in [3.8, 4) is 0 Å². The molecule has 6 heteroatoms. The van der Waals surface area contributed by atoms with Gasteiger partial charge in [-0.25, -0.2) is 4.79 Å². The normalized spacial score (nSPS) is 20.7. The molecule has 1 heterocycles. The molecule has 1 fully saturated rings. The van der Waals surface area contributed by atoms with Gasteiger partial charge >= 0.3 is 13.2 Å². The second kappa shape index (κ2) is 5.57. The molecule has 1 amide bonds. The van der Waals surface area contributed by atoms with Crippen LogP contribution < -0.4 is 5.32 Å². The molecule has 0 radical (unpaired) electrons. The predicted molar refractivity (Wildman–Crippen MR) is 88.7 cm³/mol. The molecule has 0 aromatic heterocycles. The monoisotopic (exact) mass is 311 g/mol. The quantitative estimate of drug-likeness (QED) is 0.811. The summed E-state index contributed by atoms with van der Waals surface area (Å²) in [4.78, 5) is 12.0. The van der Waals surface area contributed by atoms with Gasteiger partial charge in [-0.2, -0.15) is 0 Å². The molecule has 5 nitrogen and oxygen atoms in total. The lowest BCUT2D eigenvalue weighted by atomic mass is 9.69. The lowest BCUT2D eigenvalue weighted by molar-refractivity contribution is 0.00578. The first-order chi connectivity index (χ1) is 9.57. The van der Waals surface area contributed by atoms with E-state index in [-0.39, 0.29) is 0 Å². The number of alkyl carbamates (subject to hydrolysis) is 1. The molecule has 1 aliphatic heterocycles. The molecular formula is C16H30BNO4. The maximum atomic E-state index is 12.0. The molecule has 0 aromatic rings. The minimum absolute atomic E-state index is 0.442. The summed E-state index contributed by atoms with van der Waals surface area (Å²) in [6.07, 6.45) is -0.491. The fraction of sp³-hybridized carbons (Fsp3) is 0.812. The van der Waals surface area contributed by atoms with Crippen molar-refractivity contribution in [2.75, 3.05) is 0 Å². The number of carbonyl (C=O) groups excluding carboxylic acids is 1. The topological polar surface area (TPSA) is 56.8 Å². The third-order valence-corrected chi connectivity index (χ3v) is 4.15. The summed E-state index contributed by atoms with van der Waals surface area (Å²) in [7, 11) is -0.574. The maximum absolute atomic E-state index is 12.0. The van der Waals surface area contributed by atoms with Crippen LogP contribution in [-0.2, 0) is 14.0 Å². The van der Waals surface area contributed by atoms with Gasteiger partial charge in [-0.1, -0.05) is 0 Å². The van der Waals surface area contributed by atoms with Crippen LogP contribution in [0.25, 0.3) is 0 Å². The first-order valence-electron chi connectivity index (χ1n) is 7.63. The predicted octanol–water partition coefficient (Wildman–Crippen LogP) is 3.48. The molecule has 0 spiro atoms. The number of carbonyl (C=O) groups is 1. The SMILES string of the molecule is C=C(B1OC(C)(C)C(C)(C)O1)C(C)(C)NC(=O)OC(C)(C)C. The number of hydrogen-bond acceptors (Lipinski definition) is 4. The fourth-order valence-corrected chi connectivity index (χ4v) is 1.92. The first kappa shape index (κ1) is 19.0. The molecule has 0 unspecified atom stereocenters. The van der Waals surface area contributed by atoms with E-state index in [4.69, 9.17) is 14.0 Å². The Labute approximate surface area is 134 Å². The van der Waals surface area contributed by atoms with Gasteiger partial charge in [0, 0.05) is 0 Å². The van der Waals surface area contributed by atoms with Crippen molar-refractivity contribution in [3.63, 3.8) is 0 Å². The summed E-state index contributed by atoms with van der Waals surface area (Å²) in [6.45, 7) is 21.2. The van der Waals surface area contributed by atoms with Crippen LogP contribution in [-0.4, -0.2) is 35.6 Å². The van der Waals surface area contributed by atoms with Gasteiger partial charge in [-0.05, 0) is 67.8 Å². The van der Waals surface area contributed by atoms with Crippen molar-refractivity contribution in [2.24, 2.45) is 0 Å². The van der Waals surface area contributed by atoms with Crippen LogP contribution in [0.5, 0.6) is 0 Å². The number of amides is 1. The molecule has 0 aromatic carbocycles. The number of hydrogen-bond donors (Lipinski definition) is 1. The van der Waals surface area contributed by atoms with Gasteiger partial charge in [0.1, 0.15) is 5.60 Å². The minimum atomic E-state index is -0.719. The van der Waals surface area contributed by atoms with E-state index in [9.17, 15) is 4.79 Å². The molecule has 0 saturated carbocycles. The summed E-state index contributed by atoms with van der Waals surface area (Å²) in [5, 5.41) is 2.82. The van der Waals surface area contributed by atoms with Crippen molar-refractivity contribution in [1.82, 2.24) is 5.32 Å². The zero-order chi connectivity index (χ0) is 17.6. The van der Waals surface area contributed by atoms with E-state index in [1.54, 1.807) is 0 Å². The van der Waals surface area contributed by atoms with E-state index in [2.05, 4.69) is 11.9 Å². The minimum Gasteiger partial charge on any atom is -0.444 e. The fourth-order valence-electron chi connectivity index (χ4n) is 1.92. The Morgan fingerprint density at radius 2 is 1.45 bits per heavy atom. The van der Waals surface area contributed by atoms with E-state index in [1.165, 1.54) is 0 Å². The highest BCUT2D eigenvalue weighted by atomic mass is 16.7. The van der Waals surface area contributed by atoms with E-state index < -0.39 is 35.6 Å². The van der Waals surface area contributed by atoms with Gasteiger partial charge in [0.15, 0.2) is 0 Å². The molecule has 22 heavy (non-hydrogen) atoms. The van der Waals surface area contributed by atoms with Crippen molar-refractivity contribution >= 4 is 13.2 Å². The molecule has 0 atom stereocenters. The molecule has 126 valence electrons. The lowest BCUT2D eigenvalue weighted by Gasteiger charge is -2.32. The highest BCUT2D eigenvalue weighted by molar-refractivity contribution is 6.55. The van der Waals surface area contributed by atoms with Gasteiger partial charge in [0.25, 0.3) is 0 Å². The van der Waals surface area contributed by atoms with Crippen molar-refractivity contribution < 1.29 is 18.8 Å². The average molecular weight is 311 g/mol. The molecule has 1 aliphatic rings. The largest absolute Gasteiger partial charge is 0.492 e. The highest BCUT2D eigenvalue weighted by Gasteiger charge is 2.54. The van der Waals surface area contributed by atoms with E-state index in [0.717, 1.165) is 0 Å². The van der Waals surface area contributed by atoms with Gasteiger partial charge in [-0.15, -0.1) is 6.58 Å². The van der Waals surface area contributed by atoms with E-state index in [0.29, 0.717) is 5.47 Å². The van der Waals surface area contributed by atoms with E-state index >= 15 is 0 Å². The Hall–Kier alpha value is -1.01. The summed E-state index contributed by atoms with van der Waals surface area (Å²) >= 11 is 0. The number of nitrogens with one attached hydrogen (secondary N) is 1. The van der Waals surface area contributed by atoms with Crippen molar-refractivity contribution in [3.05, 3.63) is 12.1 Å². The average Bonchev–Trinajstić information content (AvgIpc) is 2.42. The van der Waals surface area contributed by atoms with Crippen LogP contribution >= 0.6 is 0 Å². The van der Waals surface area contributed by atoms with Crippen LogP contribution in [0.3, 0.4) is 0 Å². The third kappa shape index (κ3) is 4.26. The Morgan fingerprint density at radius 1 is 1.05 bits per heavy atom. The smallest absolute Gasteiger partial charge is 0.444 e. The van der Waals surface area contributed by atoms with Crippen LogP contribution in [0.1, 0.15) is 62.3 Å². The summed E-state index contributed by atoms with van der Waals surface area (Å²) in [5.74, 6) is 0. The maximum Gasteiger partial charge on any atom is 0.492 e. The summed E-state index contributed by atoms with van der Waals surface area (Å²) in [6, 6.07) is 0. The van der Waals surface area contributed by atoms with Crippen LogP contribution in [0.15, 0.2) is 12.1 Å². The zero-order valence-corrected chi connectivity index (χ0v) is 15.4. The van der Waals surface area contributed by atoms with E-state index in [1.807, 2.05) is 62.3 Å². The van der Waals surface area contributed by atoms with Gasteiger partial charge in [0.05, 0.1) is 16.7 Å². The Kier molecular flexibility index (Phi) is 4.82.